The minimum atomic E-state index is -0.289. The first-order chi connectivity index (χ1) is 11.1. The number of rotatable bonds is 4. The van der Waals surface area contributed by atoms with Gasteiger partial charge in [0.1, 0.15) is 5.75 Å². The lowest BCUT2D eigenvalue weighted by Crippen LogP contribution is -2.48. The van der Waals surface area contributed by atoms with Gasteiger partial charge in [0.15, 0.2) is 0 Å². The van der Waals surface area contributed by atoms with Crippen molar-refractivity contribution in [1.29, 1.82) is 0 Å². The van der Waals surface area contributed by atoms with Gasteiger partial charge in [-0.25, -0.2) is 0 Å². The molecular formula is C19H25ClN2O2. The average molecular weight is 349 g/mol. The highest BCUT2D eigenvalue weighted by molar-refractivity contribution is 5.86. The molecule has 1 aliphatic rings. The van der Waals surface area contributed by atoms with Crippen LogP contribution >= 0.6 is 12.4 Å². The predicted molar refractivity (Wildman–Crippen MR) is 99.8 cm³/mol. The Labute approximate surface area is 149 Å². The van der Waals surface area contributed by atoms with Crippen molar-refractivity contribution >= 4 is 29.1 Å². The molecule has 0 aliphatic carbocycles. The number of hydrogen-bond donors (Lipinski definition) is 2. The Hall–Kier alpha value is -1.78. The van der Waals surface area contributed by atoms with Crippen LogP contribution in [-0.2, 0) is 11.3 Å². The topological polar surface area (TPSA) is 50.4 Å². The summed E-state index contributed by atoms with van der Waals surface area (Å²) in [4.78, 5) is 12.5. The van der Waals surface area contributed by atoms with E-state index in [0.29, 0.717) is 6.54 Å². The van der Waals surface area contributed by atoms with Crippen molar-refractivity contribution in [2.45, 2.75) is 26.3 Å². The lowest BCUT2D eigenvalue weighted by Gasteiger charge is -2.32. The number of amides is 1. The number of carbonyl (C=O) groups excluding carboxylic acids is 1. The second kappa shape index (κ2) is 7.86. The molecule has 24 heavy (non-hydrogen) atoms. The summed E-state index contributed by atoms with van der Waals surface area (Å²) in [7, 11) is 1.67. The first-order valence-corrected chi connectivity index (χ1v) is 8.16. The van der Waals surface area contributed by atoms with Crippen LogP contribution in [0.4, 0.5) is 0 Å². The molecular weight excluding hydrogens is 324 g/mol. The molecule has 0 radical (unpaired) electrons. The molecule has 0 aromatic heterocycles. The molecule has 2 aromatic carbocycles. The summed E-state index contributed by atoms with van der Waals surface area (Å²) in [5, 5.41) is 8.71. The normalized spacial score (nSPS) is 20.2. The smallest absolute Gasteiger partial charge is 0.227 e. The Morgan fingerprint density at radius 1 is 1.25 bits per heavy atom. The van der Waals surface area contributed by atoms with Gasteiger partial charge in [-0.1, -0.05) is 18.2 Å². The molecule has 5 heteroatoms. The maximum Gasteiger partial charge on any atom is 0.227 e. The van der Waals surface area contributed by atoms with E-state index in [9.17, 15) is 4.79 Å². The zero-order valence-electron chi connectivity index (χ0n) is 14.2. The van der Waals surface area contributed by atoms with Gasteiger partial charge in [-0.2, -0.15) is 0 Å². The van der Waals surface area contributed by atoms with Gasteiger partial charge >= 0.3 is 0 Å². The number of halogens is 1. The second-order valence-corrected chi connectivity index (χ2v) is 6.57. The van der Waals surface area contributed by atoms with Crippen molar-refractivity contribution in [2.24, 2.45) is 5.41 Å². The molecule has 1 aliphatic heterocycles. The number of benzene rings is 2. The second-order valence-electron chi connectivity index (χ2n) is 6.57. The summed E-state index contributed by atoms with van der Waals surface area (Å²) in [6.45, 7) is 4.38. The van der Waals surface area contributed by atoms with Gasteiger partial charge in [0, 0.05) is 13.1 Å². The van der Waals surface area contributed by atoms with Gasteiger partial charge in [-0.15, -0.1) is 12.4 Å². The van der Waals surface area contributed by atoms with Gasteiger partial charge in [-0.3, -0.25) is 4.79 Å². The van der Waals surface area contributed by atoms with E-state index in [1.54, 1.807) is 7.11 Å². The van der Waals surface area contributed by atoms with Crippen LogP contribution in [0.15, 0.2) is 36.4 Å². The first-order valence-electron chi connectivity index (χ1n) is 8.16. The highest BCUT2D eigenvalue weighted by Gasteiger charge is 2.34. The van der Waals surface area contributed by atoms with Gasteiger partial charge in [-0.05, 0) is 60.8 Å². The van der Waals surface area contributed by atoms with E-state index >= 15 is 0 Å². The van der Waals surface area contributed by atoms with Crippen molar-refractivity contribution in [3.63, 3.8) is 0 Å². The third-order valence-corrected chi connectivity index (χ3v) is 4.71. The van der Waals surface area contributed by atoms with E-state index in [1.807, 2.05) is 25.1 Å². The minimum Gasteiger partial charge on any atom is -0.497 e. The Morgan fingerprint density at radius 2 is 2.00 bits per heavy atom. The molecule has 4 nitrogen and oxygen atoms in total. The highest BCUT2D eigenvalue weighted by Crippen LogP contribution is 2.26. The Morgan fingerprint density at radius 3 is 2.71 bits per heavy atom. The standard InChI is InChI=1S/C19H24N2O2.ClH/c1-19(8-3-9-20-13-19)18(22)21-12-14-4-5-16-11-17(23-2)7-6-15(16)10-14;/h4-7,10-11,20H,3,8-9,12-13H2,1-2H3,(H,21,22);1H. The van der Waals surface area contributed by atoms with Crippen molar-refractivity contribution in [1.82, 2.24) is 10.6 Å². The summed E-state index contributed by atoms with van der Waals surface area (Å²) >= 11 is 0. The molecule has 0 saturated carbocycles. The van der Waals surface area contributed by atoms with Crippen LogP contribution in [-0.4, -0.2) is 26.1 Å². The van der Waals surface area contributed by atoms with E-state index in [4.69, 9.17) is 4.74 Å². The molecule has 3 rings (SSSR count). The van der Waals surface area contributed by atoms with Crippen LogP contribution < -0.4 is 15.4 Å². The number of hydrogen-bond acceptors (Lipinski definition) is 3. The highest BCUT2D eigenvalue weighted by atomic mass is 35.5. The van der Waals surface area contributed by atoms with Crippen molar-refractivity contribution in [2.75, 3.05) is 20.2 Å². The van der Waals surface area contributed by atoms with Crippen LogP contribution in [0.25, 0.3) is 10.8 Å². The number of methoxy groups -OCH3 is 1. The lowest BCUT2D eigenvalue weighted by atomic mass is 9.82. The zero-order valence-corrected chi connectivity index (χ0v) is 15.0. The molecule has 1 unspecified atom stereocenters. The van der Waals surface area contributed by atoms with Gasteiger partial charge < -0.3 is 15.4 Å². The monoisotopic (exact) mass is 348 g/mol. The van der Waals surface area contributed by atoms with Gasteiger partial charge in [0.05, 0.1) is 12.5 Å². The predicted octanol–water partition coefficient (Wildman–Crippen LogP) is 3.28. The largest absolute Gasteiger partial charge is 0.497 e. The molecule has 1 heterocycles. The number of ether oxygens (including phenoxy) is 1. The minimum absolute atomic E-state index is 0. The van der Waals surface area contributed by atoms with E-state index in [-0.39, 0.29) is 23.7 Å². The Kier molecular flexibility index (Phi) is 6.08. The fraction of sp³-hybridized carbons (Fsp3) is 0.421. The molecule has 1 fully saturated rings. The molecule has 130 valence electrons. The van der Waals surface area contributed by atoms with Crippen LogP contribution in [0.1, 0.15) is 25.3 Å². The third-order valence-electron chi connectivity index (χ3n) is 4.71. The summed E-state index contributed by atoms with van der Waals surface area (Å²) in [6, 6.07) is 12.3. The average Bonchev–Trinajstić information content (AvgIpc) is 2.59. The lowest BCUT2D eigenvalue weighted by molar-refractivity contribution is -0.131. The van der Waals surface area contributed by atoms with E-state index < -0.39 is 0 Å². The van der Waals surface area contributed by atoms with Crippen molar-refractivity contribution in [3.8, 4) is 5.75 Å². The van der Waals surface area contributed by atoms with E-state index in [2.05, 4.69) is 28.8 Å². The fourth-order valence-electron chi connectivity index (χ4n) is 3.16. The molecule has 0 bridgehead atoms. The zero-order chi connectivity index (χ0) is 16.3. The molecule has 2 aromatic rings. The summed E-state index contributed by atoms with van der Waals surface area (Å²) < 4.78 is 5.25. The number of carbonyl (C=O) groups is 1. The summed E-state index contributed by atoms with van der Waals surface area (Å²) in [6.07, 6.45) is 2.01. The molecule has 1 amide bonds. The first kappa shape index (κ1) is 18.6. The summed E-state index contributed by atoms with van der Waals surface area (Å²) in [5.41, 5.74) is 0.825. The van der Waals surface area contributed by atoms with Gasteiger partial charge in [0.2, 0.25) is 5.91 Å². The van der Waals surface area contributed by atoms with Gasteiger partial charge in [0.25, 0.3) is 0 Å². The number of fused-ring (bicyclic) bond motifs is 1. The molecule has 1 saturated heterocycles. The SMILES string of the molecule is COc1ccc2cc(CNC(=O)C3(C)CCCNC3)ccc2c1.Cl. The van der Waals surface area contributed by atoms with Crippen molar-refractivity contribution in [3.05, 3.63) is 42.0 Å². The van der Waals surface area contributed by atoms with Crippen LogP contribution in [0.2, 0.25) is 0 Å². The number of nitrogens with one attached hydrogen (secondary N) is 2. The Balaban J connectivity index is 0.00000208. The molecule has 1 atom stereocenters. The fourth-order valence-corrected chi connectivity index (χ4v) is 3.16. The van der Waals surface area contributed by atoms with E-state index in [0.717, 1.165) is 48.0 Å². The number of piperidine rings is 1. The van der Waals surface area contributed by atoms with Crippen LogP contribution in [0.5, 0.6) is 5.75 Å². The third kappa shape index (κ3) is 4.00. The van der Waals surface area contributed by atoms with Crippen LogP contribution in [0, 0.1) is 5.41 Å². The summed E-state index contributed by atoms with van der Waals surface area (Å²) in [5.74, 6) is 0.996. The quantitative estimate of drug-likeness (QED) is 0.891. The maximum absolute atomic E-state index is 12.5. The Bertz CT molecular complexity index is 712. The maximum atomic E-state index is 12.5. The van der Waals surface area contributed by atoms with Crippen LogP contribution in [0.3, 0.4) is 0 Å². The van der Waals surface area contributed by atoms with E-state index in [1.165, 1.54) is 0 Å². The molecule has 2 N–H and O–H groups in total. The molecule has 0 spiro atoms. The van der Waals surface area contributed by atoms with Crippen molar-refractivity contribution < 1.29 is 9.53 Å².